The van der Waals surface area contributed by atoms with Crippen molar-refractivity contribution in [2.45, 2.75) is 162 Å². The molecule has 0 rings (SSSR count). The number of carbonyl (C=O) groups excluding carboxylic acids is 1. The summed E-state index contributed by atoms with van der Waals surface area (Å²) in [5.41, 5.74) is 0. The molecule has 0 N–H and O–H groups in total. The Morgan fingerprint density at radius 2 is 0.903 bits per heavy atom. The molecule has 0 heterocycles. The van der Waals surface area contributed by atoms with Crippen LogP contribution in [0.25, 0.3) is 0 Å². The highest BCUT2D eigenvalue weighted by molar-refractivity contribution is 5.69. The van der Waals surface area contributed by atoms with Crippen LogP contribution in [0, 0.1) is 0 Å². The lowest BCUT2D eigenvalue weighted by atomic mass is 10.1. The van der Waals surface area contributed by atoms with Crippen LogP contribution in [0.3, 0.4) is 0 Å². The van der Waals surface area contributed by atoms with Gasteiger partial charge in [-0.2, -0.15) is 0 Å². The normalized spacial score (nSPS) is 11.4. The largest absolute Gasteiger partial charge is 0.466 e. The topological polar surface area (TPSA) is 26.3 Å². The number of allylic oxidation sites excluding steroid dienone is 2. The number of esters is 1. The van der Waals surface area contributed by atoms with Crippen molar-refractivity contribution in [2.75, 3.05) is 6.61 Å². The predicted molar refractivity (Wildman–Crippen MR) is 138 cm³/mol. The summed E-state index contributed by atoms with van der Waals surface area (Å²) in [6, 6.07) is 0. The first kappa shape index (κ1) is 30.2. The van der Waals surface area contributed by atoms with Gasteiger partial charge in [0.2, 0.25) is 0 Å². The molecule has 0 bridgehead atoms. The number of unbranched alkanes of at least 4 members (excludes halogenated alkanes) is 19. The Morgan fingerprint density at radius 3 is 1.39 bits per heavy atom. The lowest BCUT2D eigenvalue weighted by Crippen LogP contribution is -2.05. The van der Waals surface area contributed by atoms with E-state index in [1.165, 1.54) is 128 Å². The smallest absolute Gasteiger partial charge is 0.305 e. The van der Waals surface area contributed by atoms with Gasteiger partial charge in [-0.3, -0.25) is 4.79 Å². The molecule has 0 aromatic rings. The monoisotopic (exact) mass is 436 g/mol. The van der Waals surface area contributed by atoms with Crippen molar-refractivity contribution in [3.05, 3.63) is 12.2 Å². The lowest BCUT2D eigenvalue weighted by Gasteiger charge is -2.05. The van der Waals surface area contributed by atoms with Crippen molar-refractivity contribution in [1.29, 1.82) is 0 Å². The minimum absolute atomic E-state index is 0.0107. The number of hydrogen-bond acceptors (Lipinski definition) is 2. The highest BCUT2D eigenvalue weighted by Gasteiger charge is 2.02. The third kappa shape index (κ3) is 27.2. The van der Waals surface area contributed by atoms with E-state index in [0.29, 0.717) is 13.0 Å². The second-order valence-electron chi connectivity index (χ2n) is 9.38. The quantitative estimate of drug-likeness (QED) is 0.0808. The fraction of sp³-hybridized carbons (Fsp3) is 0.897. The summed E-state index contributed by atoms with van der Waals surface area (Å²) in [7, 11) is 0. The van der Waals surface area contributed by atoms with Crippen molar-refractivity contribution in [2.24, 2.45) is 0 Å². The van der Waals surface area contributed by atoms with E-state index in [9.17, 15) is 4.79 Å². The van der Waals surface area contributed by atoms with Crippen molar-refractivity contribution < 1.29 is 9.53 Å². The van der Waals surface area contributed by atoms with Crippen LogP contribution in [0.2, 0.25) is 0 Å². The maximum absolute atomic E-state index is 11.7. The number of rotatable bonds is 25. The first-order chi connectivity index (χ1) is 15.3. The fourth-order valence-corrected chi connectivity index (χ4v) is 4.01. The zero-order valence-electron chi connectivity index (χ0n) is 21.4. The van der Waals surface area contributed by atoms with E-state index in [1.54, 1.807) is 0 Å². The van der Waals surface area contributed by atoms with Crippen molar-refractivity contribution in [3.8, 4) is 0 Å². The number of ether oxygens (including phenoxy) is 1. The van der Waals surface area contributed by atoms with Gasteiger partial charge >= 0.3 is 5.97 Å². The first-order valence-corrected chi connectivity index (χ1v) is 14.1. The van der Waals surface area contributed by atoms with E-state index in [4.69, 9.17) is 4.74 Å². The van der Waals surface area contributed by atoms with Crippen LogP contribution >= 0.6 is 0 Å². The Labute approximate surface area is 196 Å². The van der Waals surface area contributed by atoms with E-state index < -0.39 is 0 Å². The summed E-state index contributed by atoms with van der Waals surface area (Å²) in [5, 5.41) is 0. The molecule has 0 aliphatic carbocycles. The van der Waals surface area contributed by atoms with Crippen LogP contribution < -0.4 is 0 Å². The predicted octanol–water partition coefficient (Wildman–Crippen LogP) is 10.1. The van der Waals surface area contributed by atoms with Gasteiger partial charge in [-0.15, -0.1) is 0 Å². The zero-order chi connectivity index (χ0) is 22.7. The van der Waals surface area contributed by atoms with Gasteiger partial charge in [0, 0.05) is 6.42 Å². The second kappa shape index (κ2) is 27.2. The Kier molecular flexibility index (Phi) is 26.5. The fourth-order valence-electron chi connectivity index (χ4n) is 4.01. The van der Waals surface area contributed by atoms with E-state index in [1.807, 2.05) is 0 Å². The summed E-state index contributed by atoms with van der Waals surface area (Å²) in [5.74, 6) is 0.0107. The van der Waals surface area contributed by atoms with Gasteiger partial charge in [0.05, 0.1) is 6.61 Å². The molecule has 0 spiro atoms. The van der Waals surface area contributed by atoms with Crippen LogP contribution in [0.4, 0.5) is 0 Å². The van der Waals surface area contributed by atoms with Gasteiger partial charge in [0.25, 0.3) is 0 Å². The molecule has 184 valence electrons. The summed E-state index contributed by atoms with van der Waals surface area (Å²) in [6.07, 6.45) is 34.0. The molecular weight excluding hydrogens is 380 g/mol. The van der Waals surface area contributed by atoms with Crippen LogP contribution in [0.1, 0.15) is 162 Å². The van der Waals surface area contributed by atoms with E-state index in [2.05, 4.69) is 26.0 Å². The van der Waals surface area contributed by atoms with Crippen LogP contribution in [-0.4, -0.2) is 12.6 Å². The summed E-state index contributed by atoms with van der Waals surface area (Å²) < 4.78 is 5.32. The number of carbonyl (C=O) groups is 1. The molecule has 0 aromatic carbocycles. The Bertz CT molecular complexity index is 375. The Morgan fingerprint density at radius 1 is 0.516 bits per heavy atom. The minimum Gasteiger partial charge on any atom is -0.466 e. The molecule has 0 saturated heterocycles. The molecule has 2 nitrogen and oxygen atoms in total. The third-order valence-corrected chi connectivity index (χ3v) is 6.15. The molecule has 2 heteroatoms. The van der Waals surface area contributed by atoms with E-state index in [0.717, 1.165) is 12.8 Å². The number of hydrogen-bond donors (Lipinski definition) is 0. The first-order valence-electron chi connectivity index (χ1n) is 14.1. The molecule has 0 atom stereocenters. The average Bonchev–Trinajstić information content (AvgIpc) is 2.77. The van der Waals surface area contributed by atoms with Crippen molar-refractivity contribution in [1.82, 2.24) is 0 Å². The summed E-state index contributed by atoms with van der Waals surface area (Å²) in [6.45, 7) is 5.12. The molecule has 0 aliphatic rings. The molecule has 0 aromatic heterocycles. The minimum atomic E-state index is 0.0107. The molecular formula is C29H56O2. The van der Waals surface area contributed by atoms with Gasteiger partial charge < -0.3 is 4.74 Å². The molecule has 31 heavy (non-hydrogen) atoms. The highest BCUT2D eigenvalue weighted by Crippen LogP contribution is 2.12. The van der Waals surface area contributed by atoms with Crippen LogP contribution in [0.5, 0.6) is 0 Å². The summed E-state index contributed by atoms with van der Waals surface area (Å²) in [4.78, 5) is 11.7. The molecule has 0 fully saturated rings. The van der Waals surface area contributed by atoms with Crippen LogP contribution in [-0.2, 0) is 9.53 Å². The zero-order valence-corrected chi connectivity index (χ0v) is 21.4. The molecule has 0 radical (unpaired) electrons. The average molecular weight is 437 g/mol. The molecule has 0 aliphatic heterocycles. The standard InChI is InChI=1S/C29H56O2/c1-3-5-7-9-10-11-12-13-14-15-16-17-18-19-20-21-22-23-25-27-29(30)31-28-26-24-8-6-4-2/h13-14H,3-12,15-28H2,1-2H3. The lowest BCUT2D eigenvalue weighted by molar-refractivity contribution is -0.143. The highest BCUT2D eigenvalue weighted by atomic mass is 16.5. The third-order valence-electron chi connectivity index (χ3n) is 6.15. The second-order valence-corrected chi connectivity index (χ2v) is 9.38. The van der Waals surface area contributed by atoms with Gasteiger partial charge in [-0.05, 0) is 38.5 Å². The SMILES string of the molecule is CCCCCCCCC=CCCCCCCCCCCCC(=O)OCCCCCCC. The Balaban J connectivity index is 3.16. The maximum atomic E-state index is 11.7. The maximum Gasteiger partial charge on any atom is 0.305 e. The van der Waals surface area contributed by atoms with Crippen molar-refractivity contribution >= 4 is 5.97 Å². The van der Waals surface area contributed by atoms with Gasteiger partial charge in [-0.1, -0.05) is 129 Å². The Hall–Kier alpha value is -0.790. The van der Waals surface area contributed by atoms with Gasteiger partial charge in [-0.25, -0.2) is 0 Å². The summed E-state index contributed by atoms with van der Waals surface area (Å²) >= 11 is 0. The van der Waals surface area contributed by atoms with Gasteiger partial charge in [0.15, 0.2) is 0 Å². The van der Waals surface area contributed by atoms with Crippen LogP contribution in [0.15, 0.2) is 12.2 Å². The molecule has 0 amide bonds. The van der Waals surface area contributed by atoms with Gasteiger partial charge in [0.1, 0.15) is 0 Å². The van der Waals surface area contributed by atoms with E-state index in [-0.39, 0.29) is 5.97 Å². The molecule has 0 unspecified atom stereocenters. The van der Waals surface area contributed by atoms with Crippen molar-refractivity contribution in [3.63, 3.8) is 0 Å². The molecule has 0 saturated carbocycles. The van der Waals surface area contributed by atoms with E-state index >= 15 is 0 Å².